The van der Waals surface area contributed by atoms with Gasteiger partial charge >= 0.3 is 0 Å². The van der Waals surface area contributed by atoms with E-state index in [4.69, 9.17) is 0 Å². The molecule has 2 rings (SSSR count). The van der Waals surface area contributed by atoms with Crippen LogP contribution >= 0.6 is 0 Å². The number of aromatic nitrogens is 2. The van der Waals surface area contributed by atoms with E-state index in [1.807, 2.05) is 24.3 Å². The van der Waals surface area contributed by atoms with Crippen molar-refractivity contribution in [2.45, 2.75) is 24.0 Å². The van der Waals surface area contributed by atoms with E-state index in [-0.39, 0.29) is 5.56 Å². The molecule has 1 aromatic carbocycles. The van der Waals surface area contributed by atoms with Crippen LogP contribution in [0.4, 0.5) is 0 Å². The summed E-state index contributed by atoms with van der Waals surface area (Å²) in [5.41, 5.74) is 1.69. The van der Waals surface area contributed by atoms with Crippen LogP contribution in [-0.2, 0) is 23.0 Å². The van der Waals surface area contributed by atoms with Crippen molar-refractivity contribution in [3.05, 3.63) is 51.9 Å². The Hall–Kier alpha value is -1.62. The van der Waals surface area contributed by atoms with Crippen LogP contribution in [0, 0.1) is 0 Å². The Morgan fingerprint density at radius 1 is 1.18 bits per heavy atom. The van der Waals surface area contributed by atoms with Gasteiger partial charge in [0.25, 0.3) is 5.56 Å². The van der Waals surface area contributed by atoms with Gasteiger partial charge in [0.2, 0.25) is 0 Å². The van der Waals surface area contributed by atoms with Crippen molar-refractivity contribution in [1.29, 1.82) is 0 Å². The summed E-state index contributed by atoms with van der Waals surface area (Å²) in [5.74, 6) is 0.324. The van der Waals surface area contributed by atoms with Crippen molar-refractivity contribution in [3.63, 3.8) is 0 Å². The molecule has 1 aromatic heterocycles. The average molecular weight is 250 g/mol. The minimum absolute atomic E-state index is 0.196. The Kier molecular flexibility index (Phi) is 3.58. The van der Waals surface area contributed by atoms with E-state index in [2.05, 4.69) is 17.1 Å². The second kappa shape index (κ2) is 5.14. The molecule has 0 fully saturated rings. The van der Waals surface area contributed by atoms with E-state index in [0.29, 0.717) is 11.4 Å². The van der Waals surface area contributed by atoms with E-state index in [1.165, 1.54) is 11.6 Å². The summed E-state index contributed by atoms with van der Waals surface area (Å²) in [6.07, 6.45) is 0.970. The molecule has 0 aliphatic carbocycles. The van der Waals surface area contributed by atoms with Gasteiger partial charge in [-0.05, 0) is 24.1 Å². The predicted molar refractivity (Wildman–Crippen MR) is 67.3 cm³/mol. The van der Waals surface area contributed by atoms with Crippen molar-refractivity contribution in [2.75, 3.05) is 0 Å². The highest BCUT2D eigenvalue weighted by molar-refractivity contribution is 7.84. The molecule has 0 spiro atoms. The quantitative estimate of drug-likeness (QED) is 0.865. The van der Waals surface area contributed by atoms with Gasteiger partial charge in [-0.3, -0.25) is 14.1 Å². The van der Waals surface area contributed by atoms with E-state index in [9.17, 15) is 9.00 Å². The topological polar surface area (TPSA) is 65.7 Å². The average Bonchev–Trinajstić information content (AvgIpc) is 2.75. The maximum atomic E-state index is 12.0. The Labute approximate surface area is 102 Å². The van der Waals surface area contributed by atoms with E-state index in [0.717, 1.165) is 11.3 Å². The molecule has 17 heavy (non-hydrogen) atoms. The molecule has 5 heteroatoms. The first-order valence-electron chi connectivity index (χ1n) is 5.43. The maximum Gasteiger partial charge on any atom is 0.264 e. The second-order valence-electron chi connectivity index (χ2n) is 3.77. The molecule has 4 nitrogen and oxygen atoms in total. The largest absolute Gasteiger partial charge is 0.301 e. The molecule has 1 heterocycles. The minimum Gasteiger partial charge on any atom is -0.301 e. The van der Waals surface area contributed by atoms with Crippen LogP contribution in [0.2, 0.25) is 0 Å². The van der Waals surface area contributed by atoms with Gasteiger partial charge in [0.05, 0.1) is 16.6 Å². The van der Waals surface area contributed by atoms with Crippen LogP contribution in [0.5, 0.6) is 0 Å². The summed E-state index contributed by atoms with van der Waals surface area (Å²) in [4.78, 5) is 11.7. The van der Waals surface area contributed by atoms with Gasteiger partial charge in [-0.2, -0.15) is 0 Å². The first-order valence-corrected chi connectivity index (χ1v) is 6.75. The number of hydrogen-bond donors (Lipinski definition) is 2. The molecule has 0 saturated heterocycles. The number of hydrogen-bond acceptors (Lipinski definition) is 2. The van der Waals surface area contributed by atoms with Crippen LogP contribution in [-0.4, -0.2) is 14.4 Å². The third-order valence-corrected chi connectivity index (χ3v) is 3.90. The van der Waals surface area contributed by atoms with Gasteiger partial charge in [0, 0.05) is 16.7 Å². The molecule has 2 aromatic rings. The van der Waals surface area contributed by atoms with Crippen LogP contribution in [0.15, 0.2) is 40.0 Å². The van der Waals surface area contributed by atoms with Gasteiger partial charge < -0.3 is 5.10 Å². The Balaban J connectivity index is 2.11. The smallest absolute Gasteiger partial charge is 0.264 e. The number of aryl methyl sites for hydroxylation is 1. The zero-order valence-corrected chi connectivity index (χ0v) is 10.3. The molecule has 0 saturated carbocycles. The number of rotatable bonds is 4. The van der Waals surface area contributed by atoms with Crippen molar-refractivity contribution in [3.8, 4) is 0 Å². The van der Waals surface area contributed by atoms with Crippen LogP contribution < -0.4 is 5.56 Å². The standard InChI is InChI=1S/C12H14N2O2S/c1-2-9-3-5-11(6-4-9)17(16)8-10-7-12(15)14-13-10/h3-7H,2,8H2,1H3,(H2,13,14,15). The third-order valence-electron chi connectivity index (χ3n) is 2.53. The molecule has 0 aliphatic heterocycles. The van der Waals surface area contributed by atoms with Crippen LogP contribution in [0.3, 0.4) is 0 Å². The molecule has 90 valence electrons. The van der Waals surface area contributed by atoms with Gasteiger partial charge in [-0.25, -0.2) is 0 Å². The minimum atomic E-state index is -1.12. The van der Waals surface area contributed by atoms with Crippen LogP contribution in [0.1, 0.15) is 18.2 Å². The van der Waals surface area contributed by atoms with Crippen molar-refractivity contribution in [2.24, 2.45) is 0 Å². The predicted octanol–water partition coefficient (Wildman–Crippen LogP) is 1.57. The van der Waals surface area contributed by atoms with Crippen molar-refractivity contribution < 1.29 is 4.21 Å². The fourth-order valence-electron chi connectivity index (χ4n) is 1.55. The summed E-state index contributed by atoms with van der Waals surface area (Å²) < 4.78 is 12.0. The van der Waals surface area contributed by atoms with Gasteiger partial charge in [0.1, 0.15) is 0 Å². The lowest BCUT2D eigenvalue weighted by Gasteiger charge is -2.02. The van der Waals surface area contributed by atoms with Crippen molar-refractivity contribution >= 4 is 10.8 Å². The molecular formula is C12H14N2O2S. The highest BCUT2D eigenvalue weighted by Crippen LogP contribution is 2.12. The monoisotopic (exact) mass is 250 g/mol. The summed E-state index contributed by atoms with van der Waals surface area (Å²) in [6, 6.07) is 9.14. The van der Waals surface area contributed by atoms with E-state index in [1.54, 1.807) is 0 Å². The molecule has 0 radical (unpaired) electrons. The first-order chi connectivity index (χ1) is 8.19. The molecule has 1 atom stereocenters. The lowest BCUT2D eigenvalue weighted by atomic mass is 10.2. The summed E-state index contributed by atoms with van der Waals surface area (Å²) in [6.45, 7) is 2.08. The molecule has 0 amide bonds. The SMILES string of the molecule is CCc1ccc(S(=O)Cc2cc(=O)[nH][nH]2)cc1. The molecule has 2 N–H and O–H groups in total. The van der Waals surface area contributed by atoms with Gasteiger partial charge in [-0.15, -0.1) is 0 Å². The van der Waals surface area contributed by atoms with Gasteiger partial charge in [0.15, 0.2) is 0 Å². The Morgan fingerprint density at radius 3 is 2.41 bits per heavy atom. The summed E-state index contributed by atoms with van der Waals surface area (Å²) in [5, 5.41) is 5.13. The number of H-pyrrole nitrogens is 2. The fraction of sp³-hybridized carbons (Fsp3) is 0.250. The normalized spacial score (nSPS) is 12.5. The van der Waals surface area contributed by atoms with Crippen molar-refractivity contribution in [1.82, 2.24) is 10.2 Å². The number of nitrogens with one attached hydrogen (secondary N) is 2. The van der Waals surface area contributed by atoms with E-state index < -0.39 is 10.8 Å². The summed E-state index contributed by atoms with van der Waals surface area (Å²) in [7, 11) is -1.12. The number of benzene rings is 1. The number of aromatic amines is 2. The third kappa shape index (κ3) is 2.94. The second-order valence-corrected chi connectivity index (χ2v) is 5.22. The summed E-state index contributed by atoms with van der Waals surface area (Å²) >= 11 is 0. The first kappa shape index (κ1) is 11.9. The Morgan fingerprint density at radius 2 is 1.88 bits per heavy atom. The van der Waals surface area contributed by atoms with Crippen LogP contribution in [0.25, 0.3) is 0 Å². The highest BCUT2D eigenvalue weighted by Gasteiger charge is 2.06. The molecule has 1 unspecified atom stereocenters. The Bertz CT molecular complexity index is 569. The van der Waals surface area contributed by atoms with Gasteiger partial charge in [-0.1, -0.05) is 19.1 Å². The fourth-order valence-corrected chi connectivity index (χ4v) is 2.60. The molecule has 0 bridgehead atoms. The highest BCUT2D eigenvalue weighted by atomic mass is 32.2. The lowest BCUT2D eigenvalue weighted by Crippen LogP contribution is -1.97. The molecular weight excluding hydrogens is 236 g/mol. The van der Waals surface area contributed by atoms with E-state index >= 15 is 0 Å². The lowest BCUT2D eigenvalue weighted by molar-refractivity contribution is 0.682. The zero-order chi connectivity index (χ0) is 12.3. The zero-order valence-electron chi connectivity index (χ0n) is 9.53. The molecule has 0 aliphatic rings. The maximum absolute atomic E-state index is 12.0.